The number of hydrogen-bond donors (Lipinski definition) is 1. The number of aromatic nitrogens is 4. The van der Waals surface area contributed by atoms with Crippen LogP contribution in [0.2, 0.25) is 0 Å². The third-order valence-corrected chi connectivity index (χ3v) is 3.44. The molecule has 8 heteroatoms. The van der Waals surface area contributed by atoms with Crippen molar-refractivity contribution >= 4 is 11.8 Å². The summed E-state index contributed by atoms with van der Waals surface area (Å²) in [4.78, 5) is 0. The van der Waals surface area contributed by atoms with Gasteiger partial charge in [-0.2, -0.15) is 5.26 Å². The van der Waals surface area contributed by atoms with E-state index in [0.29, 0.717) is 13.0 Å². The number of tetrazole rings is 1. The lowest BCUT2D eigenvalue weighted by atomic mass is 10.3. The van der Waals surface area contributed by atoms with Gasteiger partial charge >= 0.3 is 0 Å². The van der Waals surface area contributed by atoms with Gasteiger partial charge in [-0.15, -0.1) is 5.10 Å². The van der Waals surface area contributed by atoms with Gasteiger partial charge in [0.05, 0.1) is 19.2 Å². The first-order valence-corrected chi connectivity index (χ1v) is 7.32. The SMILES string of the molecule is COCCNCCn1nnnc1SCCCCC#N. The van der Waals surface area contributed by atoms with Crippen molar-refractivity contribution in [3.8, 4) is 6.07 Å². The van der Waals surface area contributed by atoms with Gasteiger partial charge in [0.25, 0.3) is 0 Å². The fourth-order valence-electron chi connectivity index (χ4n) is 1.39. The van der Waals surface area contributed by atoms with E-state index in [9.17, 15) is 0 Å². The van der Waals surface area contributed by atoms with Gasteiger partial charge in [-0.25, -0.2) is 4.68 Å². The molecule has 0 atom stereocenters. The molecule has 0 amide bonds. The van der Waals surface area contributed by atoms with Gasteiger partial charge < -0.3 is 10.1 Å². The molecule has 7 nitrogen and oxygen atoms in total. The van der Waals surface area contributed by atoms with Crippen molar-refractivity contribution < 1.29 is 4.74 Å². The minimum absolute atomic E-state index is 0.620. The predicted molar refractivity (Wildman–Crippen MR) is 72.8 cm³/mol. The number of nitrogens with zero attached hydrogens (tertiary/aromatic N) is 5. The second-order valence-corrected chi connectivity index (χ2v) is 4.95. The molecule has 0 aliphatic rings. The Morgan fingerprint density at radius 2 is 2.32 bits per heavy atom. The third-order valence-electron chi connectivity index (χ3n) is 2.40. The molecule has 106 valence electrons. The van der Waals surface area contributed by atoms with Gasteiger partial charge in [-0.05, 0) is 23.3 Å². The van der Waals surface area contributed by atoms with Gasteiger partial charge in [0.15, 0.2) is 0 Å². The molecule has 0 spiro atoms. The van der Waals surface area contributed by atoms with Crippen molar-refractivity contribution in [1.29, 1.82) is 5.26 Å². The Kier molecular flexibility index (Phi) is 8.97. The van der Waals surface area contributed by atoms with Crippen LogP contribution >= 0.6 is 11.8 Å². The number of rotatable bonds is 11. The lowest BCUT2D eigenvalue weighted by molar-refractivity contribution is 0.199. The summed E-state index contributed by atoms with van der Waals surface area (Å²) < 4.78 is 6.75. The zero-order chi connectivity index (χ0) is 13.8. The van der Waals surface area contributed by atoms with E-state index in [4.69, 9.17) is 10.00 Å². The average molecular weight is 284 g/mol. The first-order valence-electron chi connectivity index (χ1n) is 6.34. The molecule has 0 bridgehead atoms. The van der Waals surface area contributed by atoms with Crippen LogP contribution in [0.15, 0.2) is 5.16 Å². The number of thioether (sulfide) groups is 1. The number of methoxy groups -OCH3 is 1. The monoisotopic (exact) mass is 284 g/mol. The van der Waals surface area contributed by atoms with Crippen molar-refractivity contribution in [1.82, 2.24) is 25.5 Å². The van der Waals surface area contributed by atoms with E-state index in [-0.39, 0.29) is 0 Å². The van der Waals surface area contributed by atoms with Gasteiger partial charge in [-0.3, -0.25) is 0 Å². The van der Waals surface area contributed by atoms with Crippen molar-refractivity contribution in [2.75, 3.05) is 32.6 Å². The summed E-state index contributed by atoms with van der Waals surface area (Å²) in [5.41, 5.74) is 0. The van der Waals surface area contributed by atoms with Crippen molar-refractivity contribution in [2.24, 2.45) is 0 Å². The van der Waals surface area contributed by atoms with E-state index >= 15 is 0 Å². The summed E-state index contributed by atoms with van der Waals surface area (Å²) in [5, 5.41) is 24.2. The van der Waals surface area contributed by atoms with Gasteiger partial charge in [0.2, 0.25) is 5.16 Å². The molecular formula is C11H20N6OS. The number of ether oxygens (including phenoxy) is 1. The van der Waals surface area contributed by atoms with Crippen LogP contribution in [0, 0.1) is 11.3 Å². The lowest BCUT2D eigenvalue weighted by Gasteiger charge is -2.05. The van der Waals surface area contributed by atoms with Gasteiger partial charge in [-0.1, -0.05) is 11.8 Å². The number of nitriles is 1. The first kappa shape index (κ1) is 15.9. The zero-order valence-electron chi connectivity index (χ0n) is 11.2. The van der Waals surface area contributed by atoms with E-state index in [1.807, 2.05) is 0 Å². The normalized spacial score (nSPS) is 10.5. The Hall–Kier alpha value is -1.17. The van der Waals surface area contributed by atoms with Crippen LogP contribution in [0.5, 0.6) is 0 Å². The molecule has 1 N–H and O–H groups in total. The molecule has 1 aromatic rings. The summed E-state index contributed by atoms with van der Waals surface area (Å²) in [7, 11) is 1.68. The fourth-order valence-corrected chi connectivity index (χ4v) is 2.30. The fraction of sp³-hybridized carbons (Fsp3) is 0.818. The van der Waals surface area contributed by atoms with Crippen LogP contribution in [0.3, 0.4) is 0 Å². The van der Waals surface area contributed by atoms with Crippen molar-refractivity contribution in [3.05, 3.63) is 0 Å². The Balaban J connectivity index is 2.17. The molecule has 19 heavy (non-hydrogen) atoms. The summed E-state index contributed by atoms with van der Waals surface area (Å²) in [6, 6.07) is 2.14. The Labute approximate surface area is 117 Å². The average Bonchev–Trinajstić information content (AvgIpc) is 2.86. The Bertz CT molecular complexity index is 378. The highest BCUT2D eigenvalue weighted by molar-refractivity contribution is 7.99. The molecule has 0 aromatic carbocycles. The van der Waals surface area contributed by atoms with Crippen LogP contribution in [0.1, 0.15) is 19.3 Å². The van der Waals surface area contributed by atoms with Crippen molar-refractivity contribution in [2.45, 2.75) is 31.0 Å². The maximum atomic E-state index is 8.44. The highest BCUT2D eigenvalue weighted by atomic mass is 32.2. The predicted octanol–water partition coefficient (Wildman–Crippen LogP) is 0.695. The highest BCUT2D eigenvalue weighted by Gasteiger charge is 2.05. The second-order valence-electron chi connectivity index (χ2n) is 3.89. The molecular weight excluding hydrogens is 264 g/mol. The van der Waals surface area contributed by atoms with Crippen LogP contribution in [-0.4, -0.2) is 52.8 Å². The Morgan fingerprint density at radius 1 is 1.42 bits per heavy atom. The van der Waals surface area contributed by atoms with E-state index in [2.05, 4.69) is 26.9 Å². The van der Waals surface area contributed by atoms with Gasteiger partial charge in [0, 0.05) is 32.4 Å². The molecule has 1 aromatic heterocycles. The van der Waals surface area contributed by atoms with E-state index in [1.165, 1.54) is 0 Å². The van der Waals surface area contributed by atoms with E-state index in [1.54, 1.807) is 23.6 Å². The van der Waals surface area contributed by atoms with Crippen LogP contribution < -0.4 is 5.32 Å². The lowest BCUT2D eigenvalue weighted by Crippen LogP contribution is -2.24. The summed E-state index contributed by atoms with van der Waals surface area (Å²) >= 11 is 1.64. The molecule has 0 fully saturated rings. The molecule has 0 aliphatic heterocycles. The second kappa shape index (κ2) is 10.7. The van der Waals surface area contributed by atoms with E-state index in [0.717, 1.165) is 43.4 Å². The quantitative estimate of drug-likeness (QED) is 0.472. The van der Waals surface area contributed by atoms with Crippen LogP contribution in [0.25, 0.3) is 0 Å². The third kappa shape index (κ3) is 7.10. The Morgan fingerprint density at radius 3 is 3.11 bits per heavy atom. The van der Waals surface area contributed by atoms with Gasteiger partial charge in [0.1, 0.15) is 0 Å². The number of hydrogen-bond acceptors (Lipinski definition) is 7. The van der Waals surface area contributed by atoms with E-state index < -0.39 is 0 Å². The highest BCUT2D eigenvalue weighted by Crippen LogP contribution is 2.15. The molecule has 0 saturated heterocycles. The molecule has 0 aliphatic carbocycles. The number of unbranched alkanes of at least 4 members (excludes halogenated alkanes) is 2. The molecule has 0 unspecified atom stereocenters. The maximum absolute atomic E-state index is 8.44. The minimum Gasteiger partial charge on any atom is -0.383 e. The smallest absolute Gasteiger partial charge is 0.209 e. The first-order chi connectivity index (χ1) is 9.38. The van der Waals surface area contributed by atoms with Crippen LogP contribution in [-0.2, 0) is 11.3 Å². The largest absolute Gasteiger partial charge is 0.383 e. The standard InChI is InChI=1S/C11H20N6OS/c1-18-9-7-13-6-8-17-11(14-15-16-17)19-10-4-2-3-5-12/h13H,2-4,6-10H2,1H3. The molecule has 1 rings (SSSR count). The molecule has 1 heterocycles. The summed E-state index contributed by atoms with van der Waals surface area (Å²) in [6.45, 7) is 3.10. The summed E-state index contributed by atoms with van der Waals surface area (Å²) in [5.74, 6) is 0.944. The molecule has 0 radical (unpaired) electrons. The topological polar surface area (TPSA) is 88.7 Å². The summed E-state index contributed by atoms with van der Waals surface area (Å²) in [6.07, 6.45) is 2.57. The zero-order valence-corrected chi connectivity index (χ0v) is 12.0. The van der Waals surface area contributed by atoms with Crippen LogP contribution in [0.4, 0.5) is 0 Å². The maximum Gasteiger partial charge on any atom is 0.209 e. The minimum atomic E-state index is 0.620. The molecule has 0 saturated carbocycles. The van der Waals surface area contributed by atoms with Crippen molar-refractivity contribution in [3.63, 3.8) is 0 Å². The number of nitrogens with one attached hydrogen (secondary N) is 1.